The molecule has 0 aliphatic rings. The van der Waals surface area contributed by atoms with E-state index in [0.29, 0.717) is 6.54 Å². The molecule has 0 spiro atoms. The number of nitriles is 1. The average Bonchev–Trinajstić information content (AvgIpc) is 2.49. The monoisotopic (exact) mass is 302 g/mol. The average molecular weight is 303 g/mol. The number of hydrogen-bond acceptors (Lipinski definition) is 3. The van der Waals surface area contributed by atoms with Gasteiger partial charge in [-0.2, -0.15) is 5.26 Å². The zero-order valence-electron chi connectivity index (χ0n) is 12.0. The van der Waals surface area contributed by atoms with E-state index in [0.717, 1.165) is 18.8 Å². The maximum absolute atomic E-state index is 8.96. The summed E-state index contributed by atoms with van der Waals surface area (Å²) in [5.74, 6) is 0.851. The first kappa shape index (κ1) is 17.0. The third-order valence-corrected chi connectivity index (χ3v) is 3.11. The Balaban J connectivity index is 0.00000220. The minimum atomic E-state index is 0. The molecular weight excluding hydrogens is 284 g/mol. The molecule has 4 heteroatoms. The predicted octanol–water partition coefficient (Wildman–Crippen LogP) is 3.64. The lowest BCUT2D eigenvalue weighted by atomic mass is 10.1. The SMILES string of the molecule is COc1ccc(CN(CC#N)Cc2ccccc2)cc1.Cl. The summed E-state index contributed by atoms with van der Waals surface area (Å²) < 4.78 is 5.15. The fraction of sp³-hybridized carbons (Fsp3) is 0.235. The molecule has 0 aromatic heterocycles. The van der Waals surface area contributed by atoms with E-state index in [1.54, 1.807) is 7.11 Å². The van der Waals surface area contributed by atoms with Gasteiger partial charge in [-0.15, -0.1) is 12.4 Å². The molecule has 0 aliphatic carbocycles. The molecule has 0 fully saturated rings. The number of rotatable bonds is 6. The Hall–Kier alpha value is -2.02. The molecule has 0 radical (unpaired) electrons. The number of benzene rings is 2. The summed E-state index contributed by atoms with van der Waals surface area (Å²) in [6.45, 7) is 1.95. The van der Waals surface area contributed by atoms with Crippen LogP contribution >= 0.6 is 12.4 Å². The summed E-state index contributed by atoms with van der Waals surface area (Å²) in [7, 11) is 1.66. The van der Waals surface area contributed by atoms with Crippen molar-refractivity contribution in [3.05, 3.63) is 65.7 Å². The minimum absolute atomic E-state index is 0. The van der Waals surface area contributed by atoms with Crippen LogP contribution in [-0.4, -0.2) is 18.6 Å². The Morgan fingerprint density at radius 1 is 0.952 bits per heavy atom. The van der Waals surface area contributed by atoms with Gasteiger partial charge < -0.3 is 4.74 Å². The standard InChI is InChI=1S/C17H18N2O.ClH/c1-20-17-9-7-16(8-10-17)14-19(12-11-18)13-15-5-3-2-4-6-15;/h2-10H,12-14H2,1H3;1H. The molecule has 0 unspecified atom stereocenters. The molecular formula is C17H19ClN2O. The van der Waals surface area contributed by atoms with Crippen LogP contribution in [0.1, 0.15) is 11.1 Å². The highest BCUT2D eigenvalue weighted by molar-refractivity contribution is 5.85. The van der Waals surface area contributed by atoms with Crippen molar-refractivity contribution >= 4 is 12.4 Å². The molecule has 2 aromatic carbocycles. The lowest BCUT2D eigenvalue weighted by Gasteiger charge is -2.19. The fourth-order valence-electron chi connectivity index (χ4n) is 2.10. The topological polar surface area (TPSA) is 36.3 Å². The first-order valence-corrected chi connectivity index (χ1v) is 6.58. The van der Waals surface area contributed by atoms with Gasteiger partial charge in [-0.1, -0.05) is 42.5 Å². The Kier molecular flexibility index (Phi) is 7.31. The third kappa shape index (κ3) is 5.47. The van der Waals surface area contributed by atoms with Gasteiger partial charge in [0.2, 0.25) is 0 Å². The summed E-state index contributed by atoms with van der Waals surface area (Å²) in [4.78, 5) is 2.12. The van der Waals surface area contributed by atoms with Gasteiger partial charge in [0.25, 0.3) is 0 Å². The Morgan fingerprint density at radius 2 is 1.52 bits per heavy atom. The highest BCUT2D eigenvalue weighted by Gasteiger charge is 2.06. The Morgan fingerprint density at radius 3 is 2.05 bits per heavy atom. The molecule has 0 amide bonds. The summed E-state index contributed by atoms with van der Waals surface area (Å²) in [5, 5.41) is 8.96. The van der Waals surface area contributed by atoms with Gasteiger partial charge in [0.05, 0.1) is 19.7 Å². The van der Waals surface area contributed by atoms with Crippen LogP contribution in [0, 0.1) is 11.3 Å². The maximum Gasteiger partial charge on any atom is 0.118 e. The first-order chi connectivity index (χ1) is 9.81. The summed E-state index contributed by atoms with van der Waals surface area (Å²) in [5.41, 5.74) is 2.40. The Bertz CT molecular complexity index is 564. The predicted molar refractivity (Wildman–Crippen MR) is 86.4 cm³/mol. The molecule has 0 atom stereocenters. The van der Waals surface area contributed by atoms with Crippen molar-refractivity contribution in [2.24, 2.45) is 0 Å². The van der Waals surface area contributed by atoms with Crippen molar-refractivity contribution in [3.8, 4) is 11.8 Å². The summed E-state index contributed by atoms with van der Waals surface area (Å²) in [6.07, 6.45) is 0. The quantitative estimate of drug-likeness (QED) is 0.764. The number of nitrogens with zero attached hydrogens (tertiary/aromatic N) is 2. The van der Waals surface area contributed by atoms with Crippen molar-refractivity contribution in [2.75, 3.05) is 13.7 Å². The van der Waals surface area contributed by atoms with Crippen LogP contribution in [0.2, 0.25) is 0 Å². The van der Waals surface area contributed by atoms with Gasteiger partial charge in [-0.3, -0.25) is 4.90 Å². The number of halogens is 1. The highest BCUT2D eigenvalue weighted by Crippen LogP contribution is 2.14. The zero-order valence-corrected chi connectivity index (χ0v) is 12.8. The van der Waals surface area contributed by atoms with E-state index in [4.69, 9.17) is 10.00 Å². The lowest BCUT2D eigenvalue weighted by molar-refractivity contribution is 0.289. The van der Waals surface area contributed by atoms with Crippen molar-refractivity contribution in [2.45, 2.75) is 13.1 Å². The lowest BCUT2D eigenvalue weighted by Crippen LogP contribution is -2.23. The maximum atomic E-state index is 8.96. The third-order valence-electron chi connectivity index (χ3n) is 3.11. The highest BCUT2D eigenvalue weighted by atomic mass is 35.5. The largest absolute Gasteiger partial charge is 0.497 e. The van der Waals surface area contributed by atoms with Crippen LogP contribution in [-0.2, 0) is 13.1 Å². The molecule has 0 aliphatic heterocycles. The van der Waals surface area contributed by atoms with Gasteiger partial charge in [0.15, 0.2) is 0 Å². The van der Waals surface area contributed by atoms with Gasteiger partial charge >= 0.3 is 0 Å². The van der Waals surface area contributed by atoms with Gasteiger partial charge in [0, 0.05) is 13.1 Å². The van der Waals surface area contributed by atoms with Crippen molar-refractivity contribution < 1.29 is 4.74 Å². The van der Waals surface area contributed by atoms with E-state index in [2.05, 4.69) is 23.1 Å². The molecule has 0 saturated heterocycles. The van der Waals surface area contributed by atoms with Crippen LogP contribution in [0.3, 0.4) is 0 Å². The normalized spacial score (nSPS) is 9.76. The van der Waals surface area contributed by atoms with Crippen LogP contribution < -0.4 is 4.74 Å². The van der Waals surface area contributed by atoms with Crippen molar-refractivity contribution in [1.82, 2.24) is 4.90 Å². The van der Waals surface area contributed by atoms with Gasteiger partial charge in [0.1, 0.15) is 5.75 Å². The molecule has 0 heterocycles. The summed E-state index contributed by atoms with van der Waals surface area (Å²) >= 11 is 0. The molecule has 0 N–H and O–H groups in total. The summed E-state index contributed by atoms with van der Waals surface area (Å²) in [6, 6.07) is 20.4. The molecule has 3 nitrogen and oxygen atoms in total. The number of hydrogen-bond donors (Lipinski definition) is 0. The second-order valence-corrected chi connectivity index (χ2v) is 4.64. The molecule has 110 valence electrons. The van der Waals surface area contributed by atoms with Gasteiger partial charge in [-0.25, -0.2) is 0 Å². The molecule has 0 bridgehead atoms. The zero-order chi connectivity index (χ0) is 14.2. The first-order valence-electron chi connectivity index (χ1n) is 6.58. The van der Waals surface area contributed by atoms with Crippen LogP contribution in [0.5, 0.6) is 5.75 Å². The van der Waals surface area contributed by atoms with Crippen LogP contribution in [0.4, 0.5) is 0 Å². The number of methoxy groups -OCH3 is 1. The molecule has 2 rings (SSSR count). The second kappa shape index (κ2) is 9.02. The van der Waals surface area contributed by atoms with E-state index in [9.17, 15) is 0 Å². The van der Waals surface area contributed by atoms with E-state index in [-0.39, 0.29) is 12.4 Å². The Labute approximate surface area is 132 Å². The second-order valence-electron chi connectivity index (χ2n) is 4.64. The smallest absolute Gasteiger partial charge is 0.118 e. The molecule has 21 heavy (non-hydrogen) atoms. The van der Waals surface area contributed by atoms with Crippen molar-refractivity contribution in [1.29, 1.82) is 5.26 Å². The fourth-order valence-corrected chi connectivity index (χ4v) is 2.10. The van der Waals surface area contributed by atoms with Crippen molar-refractivity contribution in [3.63, 3.8) is 0 Å². The molecule has 2 aromatic rings. The molecule has 0 saturated carbocycles. The van der Waals surface area contributed by atoms with E-state index < -0.39 is 0 Å². The van der Waals surface area contributed by atoms with Crippen LogP contribution in [0.25, 0.3) is 0 Å². The minimum Gasteiger partial charge on any atom is -0.497 e. The van der Waals surface area contributed by atoms with E-state index in [1.165, 1.54) is 11.1 Å². The van der Waals surface area contributed by atoms with E-state index in [1.807, 2.05) is 42.5 Å². The number of ether oxygens (including phenoxy) is 1. The van der Waals surface area contributed by atoms with Gasteiger partial charge in [-0.05, 0) is 23.3 Å². The van der Waals surface area contributed by atoms with E-state index >= 15 is 0 Å². The van der Waals surface area contributed by atoms with Crippen LogP contribution in [0.15, 0.2) is 54.6 Å².